The number of aromatic amines is 1. The summed E-state index contributed by atoms with van der Waals surface area (Å²) in [6.45, 7) is 8.85. The highest BCUT2D eigenvalue weighted by atomic mass is 35.5. The van der Waals surface area contributed by atoms with E-state index in [1.54, 1.807) is 44.2 Å². The van der Waals surface area contributed by atoms with Gasteiger partial charge in [0.15, 0.2) is 6.29 Å². The Kier molecular flexibility index (Phi) is 14.5. The number of aliphatic hydroxyl groups excluding tert-OH is 1. The maximum absolute atomic E-state index is 13.4. The summed E-state index contributed by atoms with van der Waals surface area (Å²) in [4.78, 5) is 37.5. The number of ether oxygens (including phenoxy) is 2. The molecule has 15 nitrogen and oxygen atoms in total. The normalized spacial score (nSPS) is 15.7. The molecule has 41 heavy (non-hydrogen) atoms. The van der Waals surface area contributed by atoms with Gasteiger partial charge in [-0.05, 0) is 53.7 Å². The van der Waals surface area contributed by atoms with E-state index in [0.29, 0.717) is 4.57 Å². The Morgan fingerprint density at radius 2 is 1.63 bits per heavy atom. The van der Waals surface area contributed by atoms with Crippen LogP contribution >= 0.6 is 19.3 Å². The molecule has 17 heteroatoms. The number of carbonyl (C=O) groups is 1. The molecule has 1 heterocycles. The minimum atomic E-state index is -4.13. The van der Waals surface area contributed by atoms with Gasteiger partial charge < -0.3 is 34.4 Å². The first-order chi connectivity index (χ1) is 19.0. The summed E-state index contributed by atoms with van der Waals surface area (Å²) < 4.78 is 35.8. The van der Waals surface area contributed by atoms with Gasteiger partial charge in [0.05, 0.1) is 24.2 Å². The smallest absolute Gasteiger partial charge is 0.459 e. The van der Waals surface area contributed by atoms with Gasteiger partial charge in [0.1, 0.15) is 18.0 Å². The number of nitrogens with one attached hydrogen (secondary N) is 2. The van der Waals surface area contributed by atoms with Crippen LogP contribution in [0, 0.1) is 0 Å². The van der Waals surface area contributed by atoms with E-state index < -0.39 is 66.6 Å². The standard InChI is InChI=1S/C21H30N3O10P.C3H7ClO2/c1-12(2)32-20(28)14(4)23-35(30,34-16-9-7-6-8-10-16)31-11-13(3)33-15(5)24-19(27)17(25)18(26)22-21(24)29;1-2(4)3(5)6/h6-10,12-15,25,27H,11H2,1-5H3,(H,23,30)(H,22,26,29);2-3,5-6H,1H3/t13?,14-,15?,35?;2-/m01/s1. The molecule has 6 N–H and O–H groups in total. The van der Waals surface area contributed by atoms with E-state index in [9.17, 15) is 29.2 Å². The fraction of sp³-hybridized carbons (Fsp3) is 0.542. The lowest BCUT2D eigenvalue weighted by Crippen LogP contribution is -2.37. The first kappa shape index (κ1) is 36.1. The van der Waals surface area contributed by atoms with Crippen LogP contribution in [-0.2, 0) is 23.4 Å². The molecule has 2 rings (SSSR count). The zero-order chi connectivity index (χ0) is 31.5. The summed E-state index contributed by atoms with van der Waals surface area (Å²) in [5.74, 6) is -2.46. The third-order valence-electron chi connectivity index (χ3n) is 4.80. The molecule has 0 fully saturated rings. The molecule has 0 aliphatic carbocycles. The van der Waals surface area contributed by atoms with Crippen molar-refractivity contribution in [3.05, 3.63) is 51.2 Å². The minimum Gasteiger partial charge on any atom is -0.499 e. The van der Waals surface area contributed by atoms with Crippen molar-refractivity contribution in [1.82, 2.24) is 14.6 Å². The average Bonchev–Trinajstić information content (AvgIpc) is 2.86. The number of H-pyrrole nitrogens is 1. The van der Waals surface area contributed by atoms with Crippen LogP contribution in [0.15, 0.2) is 39.9 Å². The number of hydrogen-bond donors (Lipinski definition) is 6. The van der Waals surface area contributed by atoms with Gasteiger partial charge >= 0.3 is 19.4 Å². The average molecular weight is 626 g/mol. The van der Waals surface area contributed by atoms with Gasteiger partial charge in [-0.25, -0.2) is 13.9 Å². The van der Waals surface area contributed by atoms with Crippen molar-refractivity contribution in [1.29, 1.82) is 0 Å². The highest BCUT2D eigenvalue weighted by Crippen LogP contribution is 2.45. The first-order valence-corrected chi connectivity index (χ1v) is 14.3. The van der Waals surface area contributed by atoms with Gasteiger partial charge in [0, 0.05) is 0 Å². The lowest BCUT2D eigenvalue weighted by Gasteiger charge is -2.26. The molecule has 0 radical (unpaired) electrons. The van der Waals surface area contributed by atoms with Gasteiger partial charge in [0.2, 0.25) is 11.6 Å². The van der Waals surface area contributed by atoms with Crippen molar-refractivity contribution in [2.75, 3.05) is 6.61 Å². The van der Waals surface area contributed by atoms with Crippen molar-refractivity contribution < 1.29 is 48.3 Å². The number of halogens is 1. The third-order valence-corrected chi connectivity index (χ3v) is 6.67. The zero-order valence-corrected chi connectivity index (χ0v) is 25.0. The lowest BCUT2D eigenvalue weighted by molar-refractivity contribution is -0.149. The van der Waals surface area contributed by atoms with Crippen molar-refractivity contribution in [2.24, 2.45) is 0 Å². The molecule has 0 aliphatic heterocycles. The fourth-order valence-electron chi connectivity index (χ4n) is 2.84. The predicted octanol–water partition coefficient (Wildman–Crippen LogP) is 1.93. The van der Waals surface area contributed by atoms with Gasteiger partial charge in [-0.2, -0.15) is 5.09 Å². The van der Waals surface area contributed by atoms with E-state index in [1.165, 1.54) is 27.7 Å². The van der Waals surface area contributed by atoms with Crippen LogP contribution < -0.4 is 20.9 Å². The summed E-state index contributed by atoms with van der Waals surface area (Å²) in [5, 5.41) is 37.6. The molecule has 0 bridgehead atoms. The van der Waals surface area contributed by atoms with Crippen LogP contribution in [0.25, 0.3) is 0 Å². The second-order valence-corrected chi connectivity index (χ2v) is 11.4. The molecule has 2 aromatic rings. The summed E-state index contributed by atoms with van der Waals surface area (Å²) >= 11 is 5.11. The predicted molar refractivity (Wildman–Crippen MR) is 148 cm³/mol. The summed E-state index contributed by atoms with van der Waals surface area (Å²) in [6.07, 6.45) is -3.76. The topological polar surface area (TPSA) is 219 Å². The SMILES string of the molecule is CC(C)OC(=O)[C@H](C)NP(=O)(OCC(C)OC(C)n1c(O)c(O)c(=O)[nH]c1=O)Oc1ccccc1.C[C@@H](Cl)C(O)O. The Morgan fingerprint density at radius 1 is 1.07 bits per heavy atom. The molecule has 0 aliphatic rings. The molecule has 0 saturated carbocycles. The number of carbonyl (C=O) groups excluding carboxylic acids is 1. The number of nitrogens with zero attached hydrogens (tertiary/aromatic N) is 1. The highest BCUT2D eigenvalue weighted by molar-refractivity contribution is 7.52. The van der Waals surface area contributed by atoms with Crippen LogP contribution in [0.2, 0.25) is 0 Å². The Morgan fingerprint density at radius 3 is 2.15 bits per heavy atom. The molecule has 5 atom stereocenters. The fourth-order valence-corrected chi connectivity index (χ4v) is 4.40. The molecular formula is C24H37ClN3O12P. The Balaban J connectivity index is 0.00000126. The monoisotopic (exact) mass is 625 g/mol. The number of aromatic hydroxyl groups is 2. The Bertz CT molecular complexity index is 1260. The van der Waals surface area contributed by atoms with Crippen LogP contribution in [0.1, 0.15) is 47.8 Å². The quantitative estimate of drug-likeness (QED) is 0.0812. The second kappa shape index (κ2) is 16.5. The van der Waals surface area contributed by atoms with Crippen LogP contribution in [-0.4, -0.2) is 72.5 Å². The van der Waals surface area contributed by atoms with Crippen molar-refractivity contribution >= 4 is 25.3 Å². The number of aliphatic hydroxyl groups is 2. The maximum Gasteiger partial charge on any atom is 0.459 e. The number of esters is 1. The van der Waals surface area contributed by atoms with E-state index in [0.717, 1.165) is 0 Å². The largest absolute Gasteiger partial charge is 0.499 e. The van der Waals surface area contributed by atoms with Crippen LogP contribution in [0.5, 0.6) is 17.4 Å². The van der Waals surface area contributed by atoms with E-state index in [4.69, 9.17) is 40.3 Å². The first-order valence-electron chi connectivity index (χ1n) is 12.4. The van der Waals surface area contributed by atoms with Crippen molar-refractivity contribution in [3.8, 4) is 17.4 Å². The lowest BCUT2D eigenvalue weighted by atomic mass is 10.3. The van der Waals surface area contributed by atoms with E-state index in [1.807, 2.05) is 4.98 Å². The maximum atomic E-state index is 13.4. The molecule has 0 spiro atoms. The molecule has 3 unspecified atom stereocenters. The van der Waals surface area contributed by atoms with E-state index in [2.05, 4.69) is 5.09 Å². The highest BCUT2D eigenvalue weighted by Gasteiger charge is 2.33. The number of hydrogen-bond acceptors (Lipinski definition) is 12. The van der Waals surface area contributed by atoms with Gasteiger partial charge in [-0.3, -0.25) is 19.1 Å². The van der Waals surface area contributed by atoms with Crippen LogP contribution in [0.4, 0.5) is 0 Å². The zero-order valence-electron chi connectivity index (χ0n) is 23.4. The third kappa shape index (κ3) is 12.2. The summed E-state index contributed by atoms with van der Waals surface area (Å²) in [7, 11) is -4.13. The van der Waals surface area contributed by atoms with Crippen molar-refractivity contribution in [3.63, 3.8) is 0 Å². The minimum absolute atomic E-state index is 0.217. The van der Waals surface area contributed by atoms with Gasteiger partial charge in [-0.15, -0.1) is 11.6 Å². The second-order valence-electron chi connectivity index (χ2n) is 8.97. The Labute approximate surface area is 241 Å². The Hall–Kier alpha value is -2.91. The number of rotatable bonds is 13. The summed E-state index contributed by atoms with van der Waals surface area (Å²) in [6, 6.07) is 7.11. The van der Waals surface area contributed by atoms with E-state index in [-0.39, 0.29) is 18.5 Å². The summed E-state index contributed by atoms with van der Waals surface area (Å²) in [5.41, 5.74) is -2.16. The van der Waals surface area contributed by atoms with Crippen molar-refractivity contribution in [2.45, 2.75) is 77.7 Å². The van der Waals surface area contributed by atoms with Crippen LogP contribution in [0.3, 0.4) is 0 Å². The molecular weight excluding hydrogens is 589 g/mol. The van der Waals surface area contributed by atoms with E-state index >= 15 is 0 Å². The van der Waals surface area contributed by atoms with Gasteiger partial charge in [-0.1, -0.05) is 18.2 Å². The number of alkyl halides is 1. The number of benzene rings is 1. The van der Waals surface area contributed by atoms with Gasteiger partial charge in [0.25, 0.3) is 5.56 Å². The number of para-hydroxylation sites is 1. The number of aromatic nitrogens is 2. The molecule has 1 aromatic heterocycles. The molecule has 0 saturated heterocycles. The molecule has 0 amide bonds. The molecule has 1 aromatic carbocycles. The molecule has 232 valence electrons.